The first-order valence-electron chi connectivity index (χ1n) is 8.11. The fraction of sp³-hybridized carbons (Fsp3) is 0.556. The molecule has 0 radical (unpaired) electrons. The third-order valence-corrected chi connectivity index (χ3v) is 4.50. The molecule has 2 heterocycles. The lowest BCUT2D eigenvalue weighted by Gasteiger charge is -2.26. The normalized spacial score (nSPS) is 16.9. The second-order valence-electron chi connectivity index (χ2n) is 6.18. The molecule has 1 aliphatic heterocycles. The van der Waals surface area contributed by atoms with E-state index in [9.17, 15) is 0 Å². The molecule has 1 saturated heterocycles. The van der Waals surface area contributed by atoms with E-state index in [4.69, 9.17) is 0 Å². The summed E-state index contributed by atoms with van der Waals surface area (Å²) < 4.78 is 2.41. The number of aromatic nitrogens is 1. The standard InChI is InChI=1S/C18H26N2/c1-16-7-8-18-17(15-16)9-14-20(18)13-6-5-12-19-10-3-2-4-11-19/h7-9,14-15H,2-6,10-13H2,1H3. The molecule has 0 amide bonds. The Labute approximate surface area is 122 Å². The van der Waals surface area contributed by atoms with Crippen LogP contribution in [0.5, 0.6) is 0 Å². The smallest absolute Gasteiger partial charge is 0.0480 e. The maximum atomic E-state index is 2.64. The van der Waals surface area contributed by atoms with Gasteiger partial charge in [0.2, 0.25) is 0 Å². The van der Waals surface area contributed by atoms with Gasteiger partial charge in [0.05, 0.1) is 0 Å². The molecule has 0 atom stereocenters. The number of piperidine rings is 1. The van der Waals surface area contributed by atoms with E-state index < -0.39 is 0 Å². The molecule has 0 spiro atoms. The van der Waals surface area contributed by atoms with Gasteiger partial charge in [0.15, 0.2) is 0 Å². The van der Waals surface area contributed by atoms with Crippen LogP contribution >= 0.6 is 0 Å². The Morgan fingerprint density at radius 3 is 2.60 bits per heavy atom. The molecular weight excluding hydrogens is 244 g/mol. The van der Waals surface area contributed by atoms with Crippen molar-refractivity contribution in [3.8, 4) is 0 Å². The highest BCUT2D eigenvalue weighted by Crippen LogP contribution is 2.18. The van der Waals surface area contributed by atoms with Crippen LogP contribution in [0.2, 0.25) is 0 Å². The van der Waals surface area contributed by atoms with Crippen molar-refractivity contribution in [2.45, 2.75) is 45.6 Å². The van der Waals surface area contributed by atoms with Crippen molar-refractivity contribution in [3.05, 3.63) is 36.0 Å². The first-order chi connectivity index (χ1) is 9.83. The molecule has 0 aliphatic carbocycles. The first-order valence-corrected chi connectivity index (χ1v) is 8.11. The number of likely N-dealkylation sites (tertiary alicyclic amines) is 1. The second kappa shape index (κ2) is 6.45. The zero-order chi connectivity index (χ0) is 13.8. The lowest BCUT2D eigenvalue weighted by molar-refractivity contribution is 0.223. The van der Waals surface area contributed by atoms with Gasteiger partial charge in [-0.25, -0.2) is 0 Å². The summed E-state index contributed by atoms with van der Waals surface area (Å²) in [5, 5.41) is 1.38. The van der Waals surface area contributed by atoms with E-state index in [0.29, 0.717) is 0 Å². The minimum absolute atomic E-state index is 1.15. The van der Waals surface area contributed by atoms with E-state index in [2.05, 4.69) is 46.9 Å². The van der Waals surface area contributed by atoms with Crippen LogP contribution in [0.1, 0.15) is 37.7 Å². The van der Waals surface area contributed by atoms with Crippen molar-refractivity contribution in [1.29, 1.82) is 0 Å². The third kappa shape index (κ3) is 3.24. The largest absolute Gasteiger partial charge is 0.347 e. The van der Waals surface area contributed by atoms with Gasteiger partial charge in [-0.3, -0.25) is 0 Å². The summed E-state index contributed by atoms with van der Waals surface area (Å²) in [6.07, 6.45) is 9.10. The Kier molecular flexibility index (Phi) is 4.41. The van der Waals surface area contributed by atoms with Gasteiger partial charge in [0.1, 0.15) is 0 Å². The zero-order valence-corrected chi connectivity index (χ0v) is 12.6. The van der Waals surface area contributed by atoms with Crippen LogP contribution in [0.3, 0.4) is 0 Å². The molecule has 1 fully saturated rings. The molecule has 1 aromatic heterocycles. The average molecular weight is 270 g/mol. The monoisotopic (exact) mass is 270 g/mol. The van der Waals surface area contributed by atoms with Gasteiger partial charge in [-0.2, -0.15) is 0 Å². The van der Waals surface area contributed by atoms with Crippen molar-refractivity contribution in [2.75, 3.05) is 19.6 Å². The van der Waals surface area contributed by atoms with Gasteiger partial charge < -0.3 is 9.47 Å². The summed E-state index contributed by atoms with van der Waals surface area (Å²) in [6.45, 7) is 7.26. The molecule has 20 heavy (non-hydrogen) atoms. The maximum Gasteiger partial charge on any atom is 0.0480 e. The van der Waals surface area contributed by atoms with E-state index >= 15 is 0 Å². The van der Waals surface area contributed by atoms with Gasteiger partial charge in [-0.15, -0.1) is 0 Å². The summed E-state index contributed by atoms with van der Waals surface area (Å²) in [5.41, 5.74) is 2.73. The quantitative estimate of drug-likeness (QED) is 0.739. The second-order valence-corrected chi connectivity index (χ2v) is 6.18. The average Bonchev–Trinajstić information content (AvgIpc) is 2.87. The van der Waals surface area contributed by atoms with Crippen molar-refractivity contribution in [2.24, 2.45) is 0 Å². The SMILES string of the molecule is Cc1ccc2c(ccn2CCCCN2CCCCC2)c1. The summed E-state index contributed by atoms with van der Waals surface area (Å²) in [7, 11) is 0. The highest BCUT2D eigenvalue weighted by atomic mass is 15.1. The number of unbranched alkanes of at least 4 members (excludes halogenated alkanes) is 1. The van der Waals surface area contributed by atoms with E-state index in [0.717, 1.165) is 6.54 Å². The van der Waals surface area contributed by atoms with Crippen LogP contribution in [0, 0.1) is 6.92 Å². The predicted molar refractivity (Wildman–Crippen MR) is 86.2 cm³/mol. The summed E-state index contributed by atoms with van der Waals surface area (Å²) >= 11 is 0. The number of fused-ring (bicyclic) bond motifs is 1. The number of rotatable bonds is 5. The Bertz CT molecular complexity index is 550. The molecule has 0 unspecified atom stereocenters. The molecule has 0 bridgehead atoms. The molecule has 3 rings (SSSR count). The summed E-state index contributed by atoms with van der Waals surface area (Å²) in [4.78, 5) is 2.64. The van der Waals surface area contributed by atoms with Crippen LogP contribution < -0.4 is 0 Å². The van der Waals surface area contributed by atoms with E-state index in [1.165, 1.54) is 68.2 Å². The molecule has 2 nitrogen and oxygen atoms in total. The van der Waals surface area contributed by atoms with Crippen LogP contribution in [-0.2, 0) is 6.54 Å². The Morgan fingerprint density at radius 2 is 1.75 bits per heavy atom. The number of aryl methyl sites for hydroxylation is 2. The fourth-order valence-corrected chi connectivity index (χ4v) is 3.32. The highest BCUT2D eigenvalue weighted by molar-refractivity contribution is 5.80. The minimum Gasteiger partial charge on any atom is -0.347 e. The van der Waals surface area contributed by atoms with Gasteiger partial charge >= 0.3 is 0 Å². The zero-order valence-electron chi connectivity index (χ0n) is 12.6. The Hall–Kier alpha value is -1.28. The molecule has 2 heteroatoms. The number of nitrogens with zero attached hydrogens (tertiary/aromatic N) is 2. The number of benzene rings is 1. The molecule has 0 saturated carbocycles. The van der Waals surface area contributed by atoms with Gasteiger partial charge in [0.25, 0.3) is 0 Å². The summed E-state index contributed by atoms with van der Waals surface area (Å²) in [6, 6.07) is 8.99. The lowest BCUT2D eigenvalue weighted by atomic mass is 10.1. The van der Waals surface area contributed by atoms with Crippen molar-refractivity contribution in [1.82, 2.24) is 9.47 Å². The van der Waals surface area contributed by atoms with Gasteiger partial charge in [-0.05, 0) is 75.8 Å². The molecule has 1 aromatic carbocycles. The molecular formula is C18H26N2. The van der Waals surface area contributed by atoms with Crippen molar-refractivity contribution < 1.29 is 0 Å². The van der Waals surface area contributed by atoms with Crippen molar-refractivity contribution >= 4 is 10.9 Å². The van der Waals surface area contributed by atoms with E-state index in [1.807, 2.05) is 0 Å². The number of hydrogen-bond acceptors (Lipinski definition) is 1. The van der Waals surface area contributed by atoms with Gasteiger partial charge in [-0.1, -0.05) is 18.1 Å². The predicted octanol–water partition coefficient (Wildman–Crippen LogP) is 4.22. The molecule has 1 aliphatic rings. The van der Waals surface area contributed by atoms with E-state index in [-0.39, 0.29) is 0 Å². The lowest BCUT2D eigenvalue weighted by Crippen LogP contribution is -2.30. The van der Waals surface area contributed by atoms with Crippen LogP contribution in [-0.4, -0.2) is 29.1 Å². The molecule has 108 valence electrons. The van der Waals surface area contributed by atoms with Gasteiger partial charge in [0, 0.05) is 18.3 Å². The van der Waals surface area contributed by atoms with Crippen LogP contribution in [0.4, 0.5) is 0 Å². The van der Waals surface area contributed by atoms with Crippen molar-refractivity contribution in [3.63, 3.8) is 0 Å². The topological polar surface area (TPSA) is 8.17 Å². The fourth-order valence-electron chi connectivity index (χ4n) is 3.32. The van der Waals surface area contributed by atoms with Crippen LogP contribution in [0.25, 0.3) is 10.9 Å². The minimum atomic E-state index is 1.15. The highest BCUT2D eigenvalue weighted by Gasteiger charge is 2.09. The maximum absolute atomic E-state index is 2.64. The summed E-state index contributed by atoms with van der Waals surface area (Å²) in [5.74, 6) is 0. The van der Waals surface area contributed by atoms with Crippen LogP contribution in [0.15, 0.2) is 30.5 Å². The number of hydrogen-bond donors (Lipinski definition) is 0. The first kappa shape index (κ1) is 13.7. The Balaban J connectivity index is 1.49. The molecule has 0 N–H and O–H groups in total. The third-order valence-electron chi connectivity index (χ3n) is 4.50. The Morgan fingerprint density at radius 1 is 0.950 bits per heavy atom. The van der Waals surface area contributed by atoms with E-state index in [1.54, 1.807) is 0 Å². The molecule has 2 aromatic rings.